The molecule has 0 aliphatic carbocycles. The molecule has 2 rings (SSSR count). The number of rotatable bonds is 2. The molecular formula is C11H8ClNO2S3. The quantitative estimate of drug-likeness (QED) is 0.783. The van der Waals surface area contributed by atoms with Gasteiger partial charge in [0.15, 0.2) is 4.91 Å². The predicted molar refractivity (Wildman–Crippen MR) is 76.2 cm³/mol. The molecule has 0 spiro atoms. The molecule has 0 aromatic heterocycles. The molecule has 7 heteroatoms. The third-order valence-corrected chi connectivity index (χ3v) is 7.18. The first-order chi connectivity index (χ1) is 8.55. The Morgan fingerprint density at radius 1 is 1.22 bits per heavy atom. The van der Waals surface area contributed by atoms with Crippen molar-refractivity contribution in [3.63, 3.8) is 0 Å². The van der Waals surface area contributed by atoms with E-state index in [9.17, 15) is 8.42 Å². The van der Waals surface area contributed by atoms with Gasteiger partial charge < -0.3 is 0 Å². The highest BCUT2D eigenvalue weighted by molar-refractivity contribution is 8.25. The van der Waals surface area contributed by atoms with Gasteiger partial charge in [-0.1, -0.05) is 11.6 Å². The molecule has 1 aromatic rings. The van der Waals surface area contributed by atoms with Crippen LogP contribution in [0.25, 0.3) is 0 Å². The van der Waals surface area contributed by atoms with Crippen LogP contribution in [0.4, 0.5) is 0 Å². The van der Waals surface area contributed by atoms with Crippen LogP contribution in [-0.2, 0) is 9.84 Å². The number of nitriles is 1. The van der Waals surface area contributed by atoms with Gasteiger partial charge in [0.1, 0.15) is 6.07 Å². The van der Waals surface area contributed by atoms with Crippen molar-refractivity contribution in [3.05, 3.63) is 38.4 Å². The first kappa shape index (κ1) is 13.8. The van der Waals surface area contributed by atoms with E-state index in [0.29, 0.717) is 9.26 Å². The van der Waals surface area contributed by atoms with Crippen LogP contribution in [0.2, 0.25) is 5.02 Å². The van der Waals surface area contributed by atoms with Crippen molar-refractivity contribution >= 4 is 45.0 Å². The van der Waals surface area contributed by atoms with E-state index in [1.165, 1.54) is 47.8 Å². The minimum atomic E-state index is -3.73. The molecule has 0 radical (unpaired) electrons. The summed E-state index contributed by atoms with van der Waals surface area (Å²) in [7, 11) is -3.73. The number of allylic oxidation sites excluding steroid dienone is 1. The molecule has 0 saturated carbocycles. The Morgan fingerprint density at radius 2 is 1.78 bits per heavy atom. The van der Waals surface area contributed by atoms with Gasteiger partial charge >= 0.3 is 0 Å². The van der Waals surface area contributed by atoms with Crippen molar-refractivity contribution in [1.82, 2.24) is 0 Å². The topological polar surface area (TPSA) is 57.9 Å². The molecule has 0 N–H and O–H groups in total. The number of hydrogen-bond donors (Lipinski definition) is 0. The largest absolute Gasteiger partial charge is 0.218 e. The van der Waals surface area contributed by atoms with Gasteiger partial charge in [0.05, 0.1) is 9.13 Å². The van der Waals surface area contributed by atoms with Crippen LogP contribution >= 0.6 is 35.1 Å². The minimum Gasteiger partial charge on any atom is -0.218 e. The molecule has 1 aliphatic rings. The first-order valence-corrected chi connectivity index (χ1v) is 8.79. The molecule has 0 unspecified atom stereocenters. The van der Waals surface area contributed by atoms with Crippen LogP contribution in [0.3, 0.4) is 0 Å². The van der Waals surface area contributed by atoms with Gasteiger partial charge in [0.2, 0.25) is 9.84 Å². The highest BCUT2D eigenvalue weighted by Crippen LogP contribution is 2.41. The molecule has 0 amide bonds. The summed E-state index contributed by atoms with van der Waals surface area (Å²) in [5.74, 6) is 1.67. The van der Waals surface area contributed by atoms with Crippen molar-refractivity contribution in [1.29, 1.82) is 5.26 Å². The summed E-state index contributed by atoms with van der Waals surface area (Å²) >= 11 is 8.55. The summed E-state index contributed by atoms with van der Waals surface area (Å²) in [6, 6.07) is 7.65. The second kappa shape index (κ2) is 5.57. The smallest absolute Gasteiger partial charge is 0.218 e. The molecule has 3 nitrogen and oxygen atoms in total. The molecular weight excluding hydrogens is 310 g/mol. The predicted octanol–water partition coefficient (Wildman–Crippen LogP) is 3.29. The van der Waals surface area contributed by atoms with Gasteiger partial charge in [-0.05, 0) is 24.3 Å². The van der Waals surface area contributed by atoms with E-state index in [1.54, 1.807) is 0 Å². The van der Waals surface area contributed by atoms with E-state index < -0.39 is 9.84 Å². The average molecular weight is 318 g/mol. The van der Waals surface area contributed by atoms with E-state index in [0.717, 1.165) is 11.5 Å². The maximum Gasteiger partial charge on any atom is 0.218 e. The number of halogens is 1. The Labute approximate surface area is 119 Å². The summed E-state index contributed by atoms with van der Waals surface area (Å²) in [6.07, 6.45) is 0. The van der Waals surface area contributed by atoms with Gasteiger partial charge in [-0.15, -0.1) is 23.5 Å². The molecule has 0 atom stereocenters. The van der Waals surface area contributed by atoms with Crippen molar-refractivity contribution in [2.45, 2.75) is 4.90 Å². The Morgan fingerprint density at radius 3 is 2.28 bits per heavy atom. The maximum absolute atomic E-state index is 12.3. The van der Waals surface area contributed by atoms with Gasteiger partial charge in [-0.3, -0.25) is 0 Å². The zero-order chi connectivity index (χ0) is 13.2. The fraction of sp³-hybridized carbons (Fsp3) is 0.182. The van der Waals surface area contributed by atoms with Gasteiger partial charge in [-0.25, -0.2) is 8.42 Å². The Bertz CT molecular complexity index is 621. The lowest BCUT2D eigenvalue weighted by atomic mass is 10.4. The minimum absolute atomic E-state index is 0.101. The molecule has 1 aliphatic heterocycles. The van der Waals surface area contributed by atoms with Crippen molar-refractivity contribution in [2.24, 2.45) is 0 Å². The normalized spacial score (nSPS) is 15.4. The summed E-state index contributed by atoms with van der Waals surface area (Å²) in [6.45, 7) is 0. The first-order valence-electron chi connectivity index (χ1n) is 4.96. The molecule has 0 bridgehead atoms. The van der Waals surface area contributed by atoms with Crippen LogP contribution in [0.1, 0.15) is 0 Å². The second-order valence-corrected chi connectivity index (χ2v) is 8.17. The monoisotopic (exact) mass is 317 g/mol. The Balaban J connectivity index is 2.51. The van der Waals surface area contributed by atoms with Crippen molar-refractivity contribution in [3.8, 4) is 6.07 Å². The summed E-state index contributed by atoms with van der Waals surface area (Å²) < 4.78 is 25.2. The average Bonchev–Trinajstić information content (AvgIpc) is 2.84. The second-order valence-electron chi connectivity index (χ2n) is 3.38. The Kier molecular flexibility index (Phi) is 4.28. The lowest BCUT2D eigenvalue weighted by Crippen LogP contribution is -2.04. The van der Waals surface area contributed by atoms with Gasteiger partial charge in [0.25, 0.3) is 0 Å². The third kappa shape index (κ3) is 2.69. The third-order valence-electron chi connectivity index (χ3n) is 2.23. The standard InChI is InChI=1S/C11H8ClNO2S3/c12-8-1-3-9(4-2-8)18(14,15)10(7-13)11-16-5-6-17-11/h1-4H,5-6H2. The van der Waals surface area contributed by atoms with Crippen LogP contribution in [-0.4, -0.2) is 19.9 Å². The van der Waals surface area contributed by atoms with E-state index in [2.05, 4.69) is 0 Å². The number of benzene rings is 1. The zero-order valence-corrected chi connectivity index (χ0v) is 12.3. The fourth-order valence-electron chi connectivity index (χ4n) is 1.39. The maximum atomic E-state index is 12.3. The van der Waals surface area contributed by atoms with Gasteiger partial charge in [0, 0.05) is 16.5 Å². The molecule has 1 heterocycles. The summed E-state index contributed by atoms with van der Waals surface area (Å²) in [4.78, 5) is -0.0543. The van der Waals surface area contributed by atoms with Crippen LogP contribution in [0.15, 0.2) is 38.3 Å². The van der Waals surface area contributed by atoms with E-state index in [-0.39, 0.29) is 9.80 Å². The van der Waals surface area contributed by atoms with E-state index in [4.69, 9.17) is 16.9 Å². The number of hydrogen-bond acceptors (Lipinski definition) is 5. The van der Waals surface area contributed by atoms with E-state index in [1.807, 2.05) is 6.07 Å². The zero-order valence-electron chi connectivity index (χ0n) is 9.09. The van der Waals surface area contributed by atoms with E-state index >= 15 is 0 Å². The van der Waals surface area contributed by atoms with Crippen molar-refractivity contribution in [2.75, 3.05) is 11.5 Å². The molecule has 94 valence electrons. The highest BCUT2D eigenvalue weighted by atomic mass is 35.5. The number of sulfone groups is 1. The molecule has 1 aromatic carbocycles. The molecule has 1 saturated heterocycles. The van der Waals surface area contributed by atoms with Gasteiger partial charge in [-0.2, -0.15) is 5.26 Å². The SMILES string of the molecule is N#CC(=C1SCCS1)S(=O)(=O)c1ccc(Cl)cc1. The number of thioether (sulfide) groups is 2. The van der Waals surface area contributed by atoms with Crippen LogP contribution in [0.5, 0.6) is 0 Å². The summed E-state index contributed by atoms with van der Waals surface area (Å²) in [5.41, 5.74) is 0. The lowest BCUT2D eigenvalue weighted by Gasteiger charge is -2.05. The van der Waals surface area contributed by atoms with Crippen LogP contribution in [0, 0.1) is 11.3 Å². The summed E-state index contributed by atoms with van der Waals surface area (Å²) in [5, 5.41) is 9.56. The molecule has 18 heavy (non-hydrogen) atoms. The molecule has 1 fully saturated rings. The van der Waals surface area contributed by atoms with Crippen LogP contribution < -0.4 is 0 Å². The highest BCUT2D eigenvalue weighted by Gasteiger charge is 2.27. The number of nitrogens with zero attached hydrogens (tertiary/aromatic N) is 1. The lowest BCUT2D eigenvalue weighted by molar-refractivity contribution is 0.603. The Hall–Kier alpha value is -0.610. The van der Waals surface area contributed by atoms with Crippen molar-refractivity contribution < 1.29 is 8.42 Å². The fourth-order valence-corrected chi connectivity index (χ4v) is 5.82.